The standard InChI is InChI=1S/C20H14N2O5/c21-11-15(19(23)22-12-17-5-2-8-26-17)10-16-6-7-18(27-16)13-3-1-4-14(9-13)20(24)25/h1-10H,12H2,(H,22,23)(H,24,25)/p-1/b15-10-. The third kappa shape index (κ3) is 4.32. The number of carbonyl (C=O) groups is 2. The summed E-state index contributed by atoms with van der Waals surface area (Å²) in [7, 11) is 0. The quantitative estimate of drug-likeness (QED) is 0.530. The lowest BCUT2D eigenvalue weighted by Crippen LogP contribution is -2.23. The molecule has 0 saturated heterocycles. The maximum atomic E-state index is 12.1. The number of amides is 1. The number of aromatic carboxylic acids is 1. The van der Waals surface area contributed by atoms with Crippen molar-refractivity contribution in [2.24, 2.45) is 0 Å². The van der Waals surface area contributed by atoms with Crippen LogP contribution >= 0.6 is 0 Å². The van der Waals surface area contributed by atoms with Crippen LogP contribution in [0.4, 0.5) is 0 Å². The van der Waals surface area contributed by atoms with Gasteiger partial charge in [-0.15, -0.1) is 0 Å². The molecule has 7 heteroatoms. The van der Waals surface area contributed by atoms with Crippen LogP contribution in [0.2, 0.25) is 0 Å². The van der Waals surface area contributed by atoms with Crippen LogP contribution in [0.1, 0.15) is 21.9 Å². The molecule has 3 rings (SSSR count). The molecule has 1 N–H and O–H groups in total. The molecule has 2 aromatic heterocycles. The van der Waals surface area contributed by atoms with Crippen molar-refractivity contribution < 1.29 is 23.5 Å². The third-order valence-corrected chi connectivity index (χ3v) is 3.66. The van der Waals surface area contributed by atoms with Crippen LogP contribution in [0, 0.1) is 11.3 Å². The summed E-state index contributed by atoms with van der Waals surface area (Å²) in [5.74, 6) is -0.603. The molecule has 0 radical (unpaired) electrons. The molecule has 0 unspecified atom stereocenters. The van der Waals surface area contributed by atoms with Crippen molar-refractivity contribution in [1.82, 2.24) is 5.32 Å². The molecule has 0 saturated carbocycles. The normalized spacial score (nSPS) is 11.0. The van der Waals surface area contributed by atoms with Gasteiger partial charge in [0.15, 0.2) is 0 Å². The Morgan fingerprint density at radius 2 is 2.04 bits per heavy atom. The first-order valence-electron chi connectivity index (χ1n) is 7.91. The smallest absolute Gasteiger partial charge is 0.262 e. The summed E-state index contributed by atoms with van der Waals surface area (Å²) in [5.41, 5.74) is 0.430. The zero-order chi connectivity index (χ0) is 19.2. The number of benzene rings is 1. The number of hydrogen-bond acceptors (Lipinski definition) is 6. The maximum absolute atomic E-state index is 12.1. The molecule has 0 spiro atoms. The second kappa shape index (κ2) is 7.89. The highest BCUT2D eigenvalue weighted by Crippen LogP contribution is 2.24. The molecule has 7 nitrogen and oxygen atoms in total. The van der Waals surface area contributed by atoms with E-state index in [9.17, 15) is 20.0 Å². The summed E-state index contributed by atoms with van der Waals surface area (Å²) < 4.78 is 10.7. The molecule has 0 aliphatic heterocycles. The topological polar surface area (TPSA) is 119 Å². The number of rotatable bonds is 6. The molecular formula is C20H13N2O5-. The molecule has 0 aliphatic carbocycles. The van der Waals surface area contributed by atoms with Crippen molar-refractivity contribution in [3.05, 3.63) is 77.5 Å². The Labute approximate surface area is 154 Å². The number of hydrogen-bond donors (Lipinski definition) is 1. The second-order valence-corrected chi connectivity index (χ2v) is 5.50. The largest absolute Gasteiger partial charge is 0.545 e. The van der Waals surface area contributed by atoms with E-state index in [1.807, 2.05) is 6.07 Å². The molecule has 0 fully saturated rings. The number of nitrogens with zero attached hydrogens (tertiary/aromatic N) is 1. The van der Waals surface area contributed by atoms with E-state index in [1.54, 1.807) is 36.4 Å². The van der Waals surface area contributed by atoms with Gasteiger partial charge in [-0.2, -0.15) is 5.26 Å². The summed E-state index contributed by atoms with van der Waals surface area (Å²) in [6.07, 6.45) is 2.80. The molecule has 0 bridgehead atoms. The minimum atomic E-state index is -1.29. The van der Waals surface area contributed by atoms with Gasteiger partial charge in [-0.1, -0.05) is 18.2 Å². The number of nitriles is 1. The molecular weight excluding hydrogens is 348 g/mol. The monoisotopic (exact) mass is 361 g/mol. The lowest BCUT2D eigenvalue weighted by Gasteiger charge is -2.04. The number of nitrogens with one attached hydrogen (secondary N) is 1. The fourth-order valence-electron chi connectivity index (χ4n) is 2.35. The SMILES string of the molecule is N#C/C(=C/c1ccc(-c2cccc(C(=O)[O-])c2)o1)C(=O)NCc1ccco1. The van der Waals surface area contributed by atoms with Gasteiger partial charge in [-0.3, -0.25) is 4.79 Å². The van der Waals surface area contributed by atoms with Crippen LogP contribution in [0.3, 0.4) is 0 Å². The van der Waals surface area contributed by atoms with E-state index in [4.69, 9.17) is 8.83 Å². The Morgan fingerprint density at radius 3 is 2.74 bits per heavy atom. The lowest BCUT2D eigenvalue weighted by molar-refractivity contribution is -0.255. The van der Waals surface area contributed by atoms with Crippen molar-refractivity contribution >= 4 is 18.0 Å². The van der Waals surface area contributed by atoms with E-state index >= 15 is 0 Å². The first-order chi connectivity index (χ1) is 13.1. The number of furan rings is 2. The first-order valence-corrected chi connectivity index (χ1v) is 7.91. The minimum Gasteiger partial charge on any atom is -0.545 e. The summed E-state index contributed by atoms with van der Waals surface area (Å²) in [6, 6.07) is 14.5. The van der Waals surface area contributed by atoms with Gasteiger partial charge < -0.3 is 24.1 Å². The van der Waals surface area contributed by atoms with Crippen molar-refractivity contribution in [3.63, 3.8) is 0 Å². The van der Waals surface area contributed by atoms with E-state index in [2.05, 4.69) is 5.32 Å². The zero-order valence-corrected chi connectivity index (χ0v) is 14.0. The Bertz CT molecular complexity index is 1040. The van der Waals surface area contributed by atoms with Crippen LogP contribution in [0.25, 0.3) is 17.4 Å². The van der Waals surface area contributed by atoms with Gasteiger partial charge in [-0.05, 0) is 35.9 Å². The fourth-order valence-corrected chi connectivity index (χ4v) is 2.35. The first kappa shape index (κ1) is 17.8. The highest BCUT2D eigenvalue weighted by atomic mass is 16.4. The van der Waals surface area contributed by atoms with Crippen LogP contribution in [-0.2, 0) is 11.3 Å². The third-order valence-electron chi connectivity index (χ3n) is 3.66. The molecule has 1 aromatic carbocycles. The number of carboxylic acid groups (broad SMARTS) is 1. The minimum absolute atomic E-state index is 0.0241. The number of carbonyl (C=O) groups excluding carboxylic acids is 2. The molecule has 0 atom stereocenters. The van der Waals surface area contributed by atoms with E-state index in [1.165, 1.54) is 24.5 Å². The van der Waals surface area contributed by atoms with Gasteiger partial charge in [0.25, 0.3) is 5.91 Å². The van der Waals surface area contributed by atoms with Gasteiger partial charge in [-0.25, -0.2) is 0 Å². The summed E-state index contributed by atoms with van der Waals surface area (Å²) in [5, 5.41) is 22.8. The molecule has 27 heavy (non-hydrogen) atoms. The highest BCUT2D eigenvalue weighted by molar-refractivity contribution is 6.01. The molecule has 0 aliphatic rings. The van der Waals surface area contributed by atoms with Crippen LogP contribution in [-0.4, -0.2) is 11.9 Å². The Balaban J connectivity index is 1.76. The van der Waals surface area contributed by atoms with Gasteiger partial charge in [0.2, 0.25) is 0 Å². The molecule has 134 valence electrons. The molecule has 2 heterocycles. The summed E-state index contributed by atoms with van der Waals surface area (Å²) >= 11 is 0. The predicted molar refractivity (Wildman–Crippen MR) is 92.6 cm³/mol. The molecule has 1 amide bonds. The average molecular weight is 361 g/mol. The Morgan fingerprint density at radius 1 is 1.19 bits per heavy atom. The van der Waals surface area contributed by atoms with Crippen molar-refractivity contribution in [2.75, 3.05) is 0 Å². The summed E-state index contributed by atoms with van der Waals surface area (Å²) in [6.45, 7) is 0.157. The number of carboxylic acids is 1. The van der Waals surface area contributed by atoms with Gasteiger partial charge in [0, 0.05) is 11.6 Å². The fraction of sp³-hybridized carbons (Fsp3) is 0.0500. The van der Waals surface area contributed by atoms with E-state index in [0.717, 1.165) is 0 Å². The summed E-state index contributed by atoms with van der Waals surface area (Å²) in [4.78, 5) is 23.1. The van der Waals surface area contributed by atoms with Crippen LogP contribution < -0.4 is 10.4 Å². The zero-order valence-electron chi connectivity index (χ0n) is 14.0. The highest BCUT2D eigenvalue weighted by Gasteiger charge is 2.12. The van der Waals surface area contributed by atoms with E-state index < -0.39 is 11.9 Å². The predicted octanol–water partition coefficient (Wildman–Crippen LogP) is 2.13. The van der Waals surface area contributed by atoms with Gasteiger partial charge in [0.1, 0.15) is 28.9 Å². The molecule has 3 aromatic rings. The lowest BCUT2D eigenvalue weighted by atomic mass is 10.1. The van der Waals surface area contributed by atoms with Gasteiger partial charge in [0.05, 0.1) is 18.8 Å². The van der Waals surface area contributed by atoms with E-state index in [-0.39, 0.29) is 23.4 Å². The van der Waals surface area contributed by atoms with Crippen molar-refractivity contribution in [1.29, 1.82) is 5.26 Å². The van der Waals surface area contributed by atoms with Crippen LogP contribution in [0.5, 0.6) is 0 Å². The average Bonchev–Trinajstić information content (AvgIpc) is 3.36. The van der Waals surface area contributed by atoms with Crippen LogP contribution in [0.15, 0.2) is 69.2 Å². The Kier molecular flexibility index (Phi) is 5.19. The maximum Gasteiger partial charge on any atom is 0.262 e. The van der Waals surface area contributed by atoms with Crippen molar-refractivity contribution in [3.8, 4) is 17.4 Å². The van der Waals surface area contributed by atoms with Crippen molar-refractivity contribution in [2.45, 2.75) is 6.54 Å². The second-order valence-electron chi connectivity index (χ2n) is 5.50. The van der Waals surface area contributed by atoms with E-state index in [0.29, 0.717) is 17.1 Å². The van der Waals surface area contributed by atoms with Gasteiger partial charge >= 0.3 is 0 Å². The Hall–Kier alpha value is -4.05.